The molecule has 0 aromatic heterocycles. The van der Waals surface area contributed by atoms with Crippen molar-refractivity contribution >= 4 is 21.7 Å². The van der Waals surface area contributed by atoms with E-state index in [1.807, 2.05) is 26.0 Å². The van der Waals surface area contributed by atoms with Crippen LogP contribution in [0.4, 0.5) is 0 Å². The van der Waals surface area contributed by atoms with E-state index in [1.54, 1.807) is 0 Å². The lowest BCUT2D eigenvalue weighted by Crippen LogP contribution is -2.07. The standard InChI is InChI=1S/C15H17BrO/c1-10-8-13(9-11(2)14(10)16)15(17)12-6-4-3-5-7-12/h6,8-9H,3-5,7H2,1-2H3. The van der Waals surface area contributed by atoms with Crippen molar-refractivity contribution < 1.29 is 4.79 Å². The summed E-state index contributed by atoms with van der Waals surface area (Å²) < 4.78 is 1.10. The van der Waals surface area contributed by atoms with E-state index in [0.29, 0.717) is 0 Å². The largest absolute Gasteiger partial charge is 0.289 e. The number of allylic oxidation sites excluding steroid dienone is 2. The Balaban J connectivity index is 2.34. The Labute approximate surface area is 111 Å². The summed E-state index contributed by atoms with van der Waals surface area (Å²) in [5, 5.41) is 0. The Hall–Kier alpha value is -0.890. The van der Waals surface area contributed by atoms with Gasteiger partial charge in [0.15, 0.2) is 5.78 Å². The number of hydrogen-bond donors (Lipinski definition) is 0. The number of aryl methyl sites for hydroxylation is 2. The molecule has 0 fully saturated rings. The van der Waals surface area contributed by atoms with E-state index in [0.717, 1.165) is 46.0 Å². The van der Waals surface area contributed by atoms with Gasteiger partial charge >= 0.3 is 0 Å². The van der Waals surface area contributed by atoms with E-state index < -0.39 is 0 Å². The van der Waals surface area contributed by atoms with Crippen molar-refractivity contribution in [3.05, 3.63) is 44.9 Å². The maximum atomic E-state index is 12.3. The molecular weight excluding hydrogens is 276 g/mol. The molecule has 0 aliphatic heterocycles. The second-order valence-corrected chi connectivity index (χ2v) is 5.52. The summed E-state index contributed by atoms with van der Waals surface area (Å²) in [7, 11) is 0. The number of benzene rings is 1. The van der Waals surface area contributed by atoms with E-state index in [2.05, 4.69) is 22.0 Å². The van der Waals surface area contributed by atoms with Crippen molar-refractivity contribution in [2.24, 2.45) is 0 Å². The average molecular weight is 293 g/mol. The summed E-state index contributed by atoms with van der Waals surface area (Å²) in [6.45, 7) is 4.06. The highest BCUT2D eigenvalue weighted by Gasteiger charge is 2.15. The molecule has 1 aromatic rings. The van der Waals surface area contributed by atoms with E-state index >= 15 is 0 Å². The first kappa shape index (κ1) is 12.6. The zero-order valence-corrected chi connectivity index (χ0v) is 11.9. The Morgan fingerprint density at radius 1 is 1.18 bits per heavy atom. The molecule has 2 heteroatoms. The zero-order chi connectivity index (χ0) is 12.4. The van der Waals surface area contributed by atoms with Gasteiger partial charge in [-0.15, -0.1) is 0 Å². The van der Waals surface area contributed by atoms with E-state index in [4.69, 9.17) is 0 Å². The minimum atomic E-state index is 0.211. The molecule has 1 aromatic carbocycles. The molecule has 1 aliphatic rings. The third kappa shape index (κ3) is 2.68. The van der Waals surface area contributed by atoms with Crippen molar-refractivity contribution in [2.45, 2.75) is 39.5 Å². The van der Waals surface area contributed by atoms with Crippen molar-refractivity contribution in [1.82, 2.24) is 0 Å². The Morgan fingerprint density at radius 3 is 2.35 bits per heavy atom. The van der Waals surface area contributed by atoms with Crippen molar-refractivity contribution in [3.63, 3.8) is 0 Å². The van der Waals surface area contributed by atoms with Gasteiger partial charge in [0.25, 0.3) is 0 Å². The van der Waals surface area contributed by atoms with Gasteiger partial charge in [0.1, 0.15) is 0 Å². The lowest BCUT2D eigenvalue weighted by Gasteiger charge is -2.13. The van der Waals surface area contributed by atoms with Crippen LogP contribution in [0, 0.1) is 13.8 Å². The molecule has 0 heterocycles. The minimum absolute atomic E-state index is 0.211. The first-order valence-electron chi connectivity index (χ1n) is 6.10. The summed E-state index contributed by atoms with van der Waals surface area (Å²) in [6, 6.07) is 3.96. The molecule has 0 spiro atoms. The summed E-state index contributed by atoms with van der Waals surface area (Å²) in [4.78, 5) is 12.3. The van der Waals surface area contributed by atoms with Crippen LogP contribution >= 0.6 is 15.9 Å². The Bertz CT molecular complexity index is 463. The van der Waals surface area contributed by atoms with Crippen LogP contribution < -0.4 is 0 Å². The first-order valence-corrected chi connectivity index (χ1v) is 6.89. The van der Waals surface area contributed by atoms with Gasteiger partial charge in [0.05, 0.1) is 0 Å². The highest BCUT2D eigenvalue weighted by molar-refractivity contribution is 9.10. The van der Waals surface area contributed by atoms with E-state index in [1.165, 1.54) is 6.42 Å². The molecule has 0 bridgehead atoms. The van der Waals surface area contributed by atoms with Gasteiger partial charge in [-0.2, -0.15) is 0 Å². The van der Waals surface area contributed by atoms with Crippen LogP contribution in [-0.4, -0.2) is 5.78 Å². The van der Waals surface area contributed by atoms with Gasteiger partial charge in [0.2, 0.25) is 0 Å². The number of Topliss-reactive ketones (excluding diaryl/α,β-unsaturated/α-hetero) is 1. The predicted octanol–water partition coefficient (Wildman–Crippen LogP) is 4.75. The van der Waals surface area contributed by atoms with Crippen LogP contribution in [0.25, 0.3) is 0 Å². The molecule has 90 valence electrons. The smallest absolute Gasteiger partial charge is 0.188 e. The maximum absolute atomic E-state index is 12.3. The van der Waals surface area contributed by atoms with Crippen LogP contribution in [0.15, 0.2) is 28.3 Å². The van der Waals surface area contributed by atoms with Gasteiger partial charge in [0, 0.05) is 10.0 Å². The Kier molecular flexibility index (Phi) is 3.82. The SMILES string of the molecule is Cc1cc(C(=O)C2=CCCCC2)cc(C)c1Br. The fourth-order valence-electron chi connectivity index (χ4n) is 2.31. The number of carbonyl (C=O) groups is 1. The summed E-state index contributed by atoms with van der Waals surface area (Å²) >= 11 is 3.53. The van der Waals surface area contributed by atoms with Gasteiger partial charge in [-0.1, -0.05) is 22.0 Å². The lowest BCUT2D eigenvalue weighted by atomic mass is 9.92. The second kappa shape index (κ2) is 5.18. The van der Waals surface area contributed by atoms with Gasteiger partial charge in [-0.05, 0) is 68.4 Å². The van der Waals surface area contributed by atoms with Crippen molar-refractivity contribution in [2.75, 3.05) is 0 Å². The van der Waals surface area contributed by atoms with Crippen LogP contribution in [-0.2, 0) is 0 Å². The molecule has 0 saturated carbocycles. The molecule has 0 amide bonds. The van der Waals surface area contributed by atoms with Crippen molar-refractivity contribution in [3.8, 4) is 0 Å². The van der Waals surface area contributed by atoms with E-state index in [-0.39, 0.29) is 5.78 Å². The zero-order valence-electron chi connectivity index (χ0n) is 10.3. The second-order valence-electron chi connectivity index (χ2n) is 4.73. The molecule has 0 atom stereocenters. The topological polar surface area (TPSA) is 17.1 Å². The summed E-state index contributed by atoms with van der Waals surface area (Å²) in [5.41, 5.74) is 4.09. The molecule has 0 unspecified atom stereocenters. The first-order chi connectivity index (χ1) is 8.09. The van der Waals surface area contributed by atoms with Crippen LogP contribution in [0.1, 0.15) is 47.2 Å². The van der Waals surface area contributed by atoms with Crippen molar-refractivity contribution in [1.29, 1.82) is 0 Å². The molecule has 0 N–H and O–H groups in total. The van der Waals surface area contributed by atoms with Gasteiger partial charge < -0.3 is 0 Å². The average Bonchev–Trinajstić information content (AvgIpc) is 2.35. The predicted molar refractivity (Wildman–Crippen MR) is 74.5 cm³/mol. The fourth-order valence-corrected chi connectivity index (χ4v) is 2.54. The number of rotatable bonds is 2. The molecule has 1 aliphatic carbocycles. The number of halogens is 1. The van der Waals surface area contributed by atoms with Crippen LogP contribution in [0.2, 0.25) is 0 Å². The minimum Gasteiger partial charge on any atom is -0.289 e. The third-order valence-corrected chi connectivity index (χ3v) is 4.53. The monoisotopic (exact) mass is 292 g/mol. The molecule has 0 saturated heterocycles. The quantitative estimate of drug-likeness (QED) is 0.719. The summed E-state index contributed by atoms with van der Waals surface area (Å²) in [6.07, 6.45) is 6.46. The number of ketones is 1. The van der Waals surface area contributed by atoms with Crippen LogP contribution in [0.5, 0.6) is 0 Å². The molecule has 0 radical (unpaired) electrons. The highest BCUT2D eigenvalue weighted by atomic mass is 79.9. The highest BCUT2D eigenvalue weighted by Crippen LogP contribution is 2.26. The molecule has 17 heavy (non-hydrogen) atoms. The molecule has 1 nitrogen and oxygen atoms in total. The van der Waals surface area contributed by atoms with Gasteiger partial charge in [-0.3, -0.25) is 4.79 Å². The molecular formula is C15H17BrO. The molecule has 2 rings (SSSR count). The maximum Gasteiger partial charge on any atom is 0.188 e. The number of carbonyl (C=O) groups excluding carboxylic acids is 1. The number of hydrogen-bond acceptors (Lipinski definition) is 1. The third-order valence-electron chi connectivity index (χ3n) is 3.28. The lowest BCUT2D eigenvalue weighted by molar-refractivity contribution is 0.102. The normalized spacial score (nSPS) is 15.6. The van der Waals surface area contributed by atoms with Gasteiger partial charge in [-0.25, -0.2) is 0 Å². The van der Waals surface area contributed by atoms with E-state index in [9.17, 15) is 4.79 Å². The fraction of sp³-hybridized carbons (Fsp3) is 0.400. The van der Waals surface area contributed by atoms with Crippen LogP contribution in [0.3, 0.4) is 0 Å². The Morgan fingerprint density at radius 2 is 1.82 bits per heavy atom. The summed E-state index contributed by atoms with van der Waals surface area (Å²) in [5.74, 6) is 0.211.